The molecule has 0 spiro atoms. The van der Waals surface area contributed by atoms with Gasteiger partial charge in [0.15, 0.2) is 0 Å². The van der Waals surface area contributed by atoms with Gasteiger partial charge in [-0.05, 0) is 31.1 Å². The van der Waals surface area contributed by atoms with Crippen molar-refractivity contribution in [2.24, 2.45) is 5.92 Å². The molecule has 0 saturated carbocycles. The quantitative estimate of drug-likeness (QED) is 0.785. The van der Waals surface area contributed by atoms with Crippen LogP contribution in [0.2, 0.25) is 0 Å². The van der Waals surface area contributed by atoms with Gasteiger partial charge in [-0.25, -0.2) is 0 Å². The second kappa shape index (κ2) is 7.36. The predicted molar refractivity (Wildman–Crippen MR) is 85.8 cm³/mol. The Bertz CT molecular complexity index is 531. The van der Waals surface area contributed by atoms with E-state index < -0.39 is 0 Å². The average molecular weight is 271 g/mol. The van der Waals surface area contributed by atoms with E-state index in [-0.39, 0.29) is 0 Å². The molecular weight excluding hydrogens is 246 g/mol. The lowest BCUT2D eigenvalue weighted by Crippen LogP contribution is -2.30. The molecule has 1 heterocycles. The minimum atomic E-state index is 0.711. The van der Waals surface area contributed by atoms with E-state index in [4.69, 9.17) is 0 Å². The van der Waals surface area contributed by atoms with Gasteiger partial charge in [-0.15, -0.1) is 0 Å². The Hall–Kier alpha value is -1.45. The number of hydrogen-bond donors (Lipinski definition) is 1. The van der Waals surface area contributed by atoms with Gasteiger partial charge in [-0.3, -0.25) is 4.98 Å². The third-order valence-electron chi connectivity index (χ3n) is 3.38. The molecule has 20 heavy (non-hydrogen) atoms. The molecule has 1 aromatic heterocycles. The SMILES string of the molecule is CC(C)CNCCN(C)Cc1cccc2cccnc12. The monoisotopic (exact) mass is 271 g/mol. The van der Waals surface area contributed by atoms with Gasteiger partial charge in [0.1, 0.15) is 0 Å². The Balaban J connectivity index is 1.91. The smallest absolute Gasteiger partial charge is 0.0746 e. The van der Waals surface area contributed by atoms with E-state index in [9.17, 15) is 0 Å². The predicted octanol–water partition coefficient (Wildman–Crippen LogP) is 2.91. The van der Waals surface area contributed by atoms with Gasteiger partial charge in [0.05, 0.1) is 5.52 Å². The van der Waals surface area contributed by atoms with E-state index in [1.807, 2.05) is 12.3 Å². The van der Waals surface area contributed by atoms with Crippen molar-refractivity contribution < 1.29 is 0 Å². The molecule has 0 unspecified atom stereocenters. The zero-order valence-corrected chi connectivity index (χ0v) is 12.8. The van der Waals surface area contributed by atoms with Crippen LogP contribution in [-0.4, -0.2) is 36.6 Å². The molecule has 0 amide bonds. The fraction of sp³-hybridized carbons (Fsp3) is 0.471. The van der Waals surface area contributed by atoms with Crippen LogP contribution in [0.25, 0.3) is 10.9 Å². The third-order valence-corrected chi connectivity index (χ3v) is 3.38. The summed E-state index contributed by atoms with van der Waals surface area (Å²) in [5, 5.41) is 4.70. The minimum absolute atomic E-state index is 0.711. The van der Waals surface area contributed by atoms with Crippen LogP contribution in [0.1, 0.15) is 19.4 Å². The highest BCUT2D eigenvalue weighted by atomic mass is 15.1. The van der Waals surface area contributed by atoms with Crippen LogP contribution < -0.4 is 5.32 Å². The Labute approximate surface area is 122 Å². The van der Waals surface area contributed by atoms with Crippen molar-refractivity contribution in [2.45, 2.75) is 20.4 Å². The minimum Gasteiger partial charge on any atom is -0.315 e. The highest BCUT2D eigenvalue weighted by Gasteiger charge is 2.05. The van der Waals surface area contributed by atoms with Gasteiger partial charge in [0.2, 0.25) is 0 Å². The number of nitrogens with one attached hydrogen (secondary N) is 1. The number of fused-ring (bicyclic) bond motifs is 1. The third kappa shape index (κ3) is 4.29. The summed E-state index contributed by atoms with van der Waals surface area (Å²) in [6, 6.07) is 10.5. The fourth-order valence-electron chi connectivity index (χ4n) is 2.33. The maximum atomic E-state index is 4.51. The first-order chi connectivity index (χ1) is 9.66. The van der Waals surface area contributed by atoms with Gasteiger partial charge < -0.3 is 10.2 Å². The van der Waals surface area contributed by atoms with Crippen molar-refractivity contribution in [3.8, 4) is 0 Å². The van der Waals surface area contributed by atoms with Gasteiger partial charge in [0, 0.05) is 31.2 Å². The van der Waals surface area contributed by atoms with Gasteiger partial charge in [-0.1, -0.05) is 38.1 Å². The lowest BCUT2D eigenvalue weighted by molar-refractivity contribution is 0.322. The molecule has 0 aliphatic heterocycles. The van der Waals surface area contributed by atoms with Gasteiger partial charge in [0.25, 0.3) is 0 Å². The number of pyridine rings is 1. The second-order valence-electron chi connectivity index (χ2n) is 5.83. The summed E-state index contributed by atoms with van der Waals surface area (Å²) in [4.78, 5) is 6.86. The Kier molecular flexibility index (Phi) is 5.50. The standard InChI is InChI=1S/C17H25N3/c1-14(2)12-18-10-11-20(3)13-16-7-4-6-15-8-5-9-19-17(15)16/h4-9,14,18H,10-13H2,1-3H3. The van der Waals surface area contributed by atoms with Crippen molar-refractivity contribution in [1.29, 1.82) is 0 Å². The molecular formula is C17H25N3. The summed E-state index contributed by atoms with van der Waals surface area (Å²) in [7, 11) is 2.17. The average Bonchev–Trinajstić information content (AvgIpc) is 2.44. The number of aromatic nitrogens is 1. The molecule has 0 aliphatic carbocycles. The maximum Gasteiger partial charge on any atom is 0.0746 e. The van der Waals surface area contributed by atoms with E-state index in [1.54, 1.807) is 0 Å². The molecule has 2 aromatic rings. The number of para-hydroxylation sites is 1. The molecule has 0 saturated heterocycles. The number of rotatable bonds is 7. The summed E-state index contributed by atoms with van der Waals surface area (Å²) in [6.45, 7) is 8.58. The van der Waals surface area contributed by atoms with E-state index in [0.29, 0.717) is 5.92 Å². The van der Waals surface area contributed by atoms with Crippen molar-refractivity contribution in [1.82, 2.24) is 15.2 Å². The van der Waals surface area contributed by atoms with Crippen molar-refractivity contribution in [3.05, 3.63) is 42.1 Å². The van der Waals surface area contributed by atoms with E-state index in [0.717, 1.165) is 31.7 Å². The summed E-state index contributed by atoms with van der Waals surface area (Å²) in [5.41, 5.74) is 2.42. The molecule has 3 heteroatoms. The van der Waals surface area contributed by atoms with Crippen LogP contribution in [0.5, 0.6) is 0 Å². The molecule has 0 atom stereocenters. The van der Waals surface area contributed by atoms with Crippen molar-refractivity contribution >= 4 is 10.9 Å². The molecule has 108 valence electrons. The molecule has 1 aromatic carbocycles. The molecule has 0 fully saturated rings. The first-order valence-electron chi connectivity index (χ1n) is 7.38. The molecule has 0 radical (unpaired) electrons. The van der Waals surface area contributed by atoms with Crippen LogP contribution in [0.15, 0.2) is 36.5 Å². The highest BCUT2D eigenvalue weighted by molar-refractivity contribution is 5.81. The number of benzene rings is 1. The zero-order valence-electron chi connectivity index (χ0n) is 12.8. The van der Waals surface area contributed by atoms with Gasteiger partial charge >= 0.3 is 0 Å². The summed E-state index contributed by atoms with van der Waals surface area (Å²) < 4.78 is 0. The zero-order chi connectivity index (χ0) is 14.4. The largest absolute Gasteiger partial charge is 0.315 e. The molecule has 3 nitrogen and oxygen atoms in total. The van der Waals surface area contributed by atoms with E-state index in [2.05, 4.69) is 60.4 Å². The van der Waals surface area contributed by atoms with Crippen LogP contribution in [0.4, 0.5) is 0 Å². The topological polar surface area (TPSA) is 28.2 Å². The van der Waals surface area contributed by atoms with E-state index in [1.165, 1.54) is 10.9 Å². The van der Waals surface area contributed by atoms with Crippen LogP contribution in [0.3, 0.4) is 0 Å². The summed E-state index contributed by atoms with van der Waals surface area (Å²) in [5.74, 6) is 0.711. The number of nitrogens with zero attached hydrogens (tertiary/aromatic N) is 2. The van der Waals surface area contributed by atoms with Crippen molar-refractivity contribution in [2.75, 3.05) is 26.7 Å². The Morgan fingerprint density at radius 3 is 2.80 bits per heavy atom. The van der Waals surface area contributed by atoms with Crippen molar-refractivity contribution in [3.63, 3.8) is 0 Å². The second-order valence-corrected chi connectivity index (χ2v) is 5.83. The lowest BCUT2D eigenvalue weighted by atomic mass is 10.1. The van der Waals surface area contributed by atoms with E-state index >= 15 is 0 Å². The molecule has 0 bridgehead atoms. The summed E-state index contributed by atoms with van der Waals surface area (Å²) in [6.07, 6.45) is 1.87. The van der Waals surface area contributed by atoms with Crippen LogP contribution in [-0.2, 0) is 6.54 Å². The molecule has 2 rings (SSSR count). The first-order valence-corrected chi connectivity index (χ1v) is 7.38. The van der Waals surface area contributed by atoms with Crippen LogP contribution >= 0.6 is 0 Å². The maximum absolute atomic E-state index is 4.51. The lowest BCUT2D eigenvalue weighted by Gasteiger charge is -2.18. The van der Waals surface area contributed by atoms with Gasteiger partial charge in [-0.2, -0.15) is 0 Å². The molecule has 1 N–H and O–H groups in total. The Morgan fingerprint density at radius 2 is 2.00 bits per heavy atom. The summed E-state index contributed by atoms with van der Waals surface area (Å²) >= 11 is 0. The van der Waals surface area contributed by atoms with Crippen LogP contribution in [0, 0.1) is 5.92 Å². The normalized spacial score (nSPS) is 11.7. The number of likely N-dealkylation sites (N-methyl/N-ethyl adjacent to an activating group) is 1. The molecule has 0 aliphatic rings. The Morgan fingerprint density at radius 1 is 1.20 bits per heavy atom. The number of hydrogen-bond acceptors (Lipinski definition) is 3. The fourth-order valence-corrected chi connectivity index (χ4v) is 2.33. The first kappa shape index (κ1) is 14.9. The highest BCUT2D eigenvalue weighted by Crippen LogP contribution is 2.16.